The maximum absolute atomic E-state index is 12.3. The van der Waals surface area contributed by atoms with Crippen molar-refractivity contribution in [2.24, 2.45) is 5.41 Å². The van der Waals surface area contributed by atoms with Crippen molar-refractivity contribution >= 4 is 5.91 Å². The monoisotopic (exact) mass is 262 g/mol. The lowest BCUT2D eigenvalue weighted by atomic mass is 9.68. The minimum atomic E-state index is -0.198. The second-order valence-corrected chi connectivity index (χ2v) is 5.16. The molecule has 1 saturated carbocycles. The first kappa shape index (κ1) is 13.9. The lowest BCUT2D eigenvalue weighted by Gasteiger charge is -2.40. The van der Waals surface area contributed by atoms with Crippen LogP contribution in [0.4, 0.5) is 0 Å². The minimum Gasteiger partial charge on any atom is -0.496 e. The van der Waals surface area contributed by atoms with Crippen molar-refractivity contribution in [1.29, 1.82) is 0 Å². The quantitative estimate of drug-likeness (QED) is 0.820. The number of carbonyl (C=O) groups is 1. The molecule has 1 fully saturated rings. The predicted octanol–water partition coefficient (Wildman–Crippen LogP) is 1.70. The largest absolute Gasteiger partial charge is 0.496 e. The van der Waals surface area contributed by atoms with Gasteiger partial charge in [0, 0.05) is 18.7 Å². The lowest BCUT2D eigenvalue weighted by molar-refractivity contribution is -0.135. The van der Waals surface area contributed by atoms with Gasteiger partial charge in [0.05, 0.1) is 12.5 Å². The molecule has 0 spiro atoms. The Balaban J connectivity index is 1.96. The van der Waals surface area contributed by atoms with E-state index in [9.17, 15) is 4.79 Å². The standard InChI is InChI=1S/C15H22N2O2/c1-16-11-15(8-5-9-15)14(18)17-10-12-6-3-4-7-13(12)19-2/h3-4,6-7,16H,5,8-11H2,1-2H3,(H,17,18). The van der Waals surface area contributed by atoms with Gasteiger partial charge in [0.25, 0.3) is 0 Å². The molecule has 2 N–H and O–H groups in total. The zero-order chi connectivity index (χ0) is 13.7. The number of hydrogen-bond acceptors (Lipinski definition) is 3. The van der Waals surface area contributed by atoms with Crippen molar-refractivity contribution in [2.75, 3.05) is 20.7 Å². The Morgan fingerprint density at radius 1 is 1.37 bits per heavy atom. The van der Waals surface area contributed by atoms with Crippen LogP contribution in [-0.4, -0.2) is 26.6 Å². The summed E-state index contributed by atoms with van der Waals surface area (Å²) in [6, 6.07) is 7.77. The van der Waals surface area contributed by atoms with E-state index in [1.165, 1.54) is 0 Å². The fourth-order valence-electron chi connectivity index (χ4n) is 2.64. The molecule has 1 aliphatic rings. The topological polar surface area (TPSA) is 50.4 Å². The molecular formula is C15H22N2O2. The predicted molar refractivity (Wildman–Crippen MR) is 75.1 cm³/mol. The van der Waals surface area contributed by atoms with Crippen LogP contribution in [0.3, 0.4) is 0 Å². The van der Waals surface area contributed by atoms with Crippen LogP contribution >= 0.6 is 0 Å². The number of hydrogen-bond donors (Lipinski definition) is 2. The molecule has 0 saturated heterocycles. The fourth-order valence-corrected chi connectivity index (χ4v) is 2.64. The second-order valence-electron chi connectivity index (χ2n) is 5.16. The molecule has 2 rings (SSSR count). The van der Waals surface area contributed by atoms with Gasteiger partial charge in [-0.05, 0) is 26.0 Å². The molecule has 0 aromatic heterocycles. The van der Waals surface area contributed by atoms with Gasteiger partial charge < -0.3 is 15.4 Å². The molecule has 0 unspecified atom stereocenters. The number of carbonyl (C=O) groups excluding carboxylic acids is 1. The third kappa shape index (κ3) is 2.89. The van der Waals surface area contributed by atoms with Gasteiger partial charge >= 0.3 is 0 Å². The molecule has 0 radical (unpaired) electrons. The smallest absolute Gasteiger partial charge is 0.227 e. The van der Waals surface area contributed by atoms with Gasteiger partial charge in [0.15, 0.2) is 0 Å². The number of nitrogens with one attached hydrogen (secondary N) is 2. The average Bonchev–Trinajstić information content (AvgIpc) is 2.40. The Bertz CT molecular complexity index is 442. The first-order valence-corrected chi connectivity index (χ1v) is 6.77. The maximum atomic E-state index is 12.3. The summed E-state index contributed by atoms with van der Waals surface area (Å²) >= 11 is 0. The molecule has 1 aliphatic carbocycles. The first-order valence-electron chi connectivity index (χ1n) is 6.77. The van der Waals surface area contributed by atoms with Crippen LogP contribution < -0.4 is 15.4 Å². The molecule has 1 aromatic rings. The summed E-state index contributed by atoms with van der Waals surface area (Å²) in [5.41, 5.74) is 0.814. The number of para-hydroxylation sites is 1. The molecule has 104 valence electrons. The SMILES string of the molecule is CNCC1(C(=O)NCc2ccccc2OC)CCC1. The third-order valence-corrected chi connectivity index (χ3v) is 3.94. The van der Waals surface area contributed by atoms with Gasteiger partial charge in [-0.1, -0.05) is 24.6 Å². The van der Waals surface area contributed by atoms with E-state index in [1.807, 2.05) is 31.3 Å². The van der Waals surface area contributed by atoms with Crippen molar-refractivity contribution in [3.8, 4) is 5.75 Å². The Morgan fingerprint density at radius 3 is 2.68 bits per heavy atom. The van der Waals surface area contributed by atoms with Crippen LogP contribution in [0.2, 0.25) is 0 Å². The molecule has 0 bridgehead atoms. The highest BCUT2D eigenvalue weighted by molar-refractivity contribution is 5.83. The van der Waals surface area contributed by atoms with E-state index in [0.29, 0.717) is 6.54 Å². The van der Waals surface area contributed by atoms with Crippen molar-refractivity contribution in [3.63, 3.8) is 0 Å². The highest BCUT2D eigenvalue weighted by Gasteiger charge is 2.43. The number of ether oxygens (including phenoxy) is 1. The third-order valence-electron chi connectivity index (χ3n) is 3.94. The van der Waals surface area contributed by atoms with Crippen LogP contribution in [0.5, 0.6) is 5.75 Å². The van der Waals surface area contributed by atoms with Crippen LogP contribution in [0, 0.1) is 5.41 Å². The summed E-state index contributed by atoms with van der Waals surface area (Å²) in [5.74, 6) is 0.970. The molecule has 0 heterocycles. The molecule has 4 nitrogen and oxygen atoms in total. The zero-order valence-electron chi connectivity index (χ0n) is 11.7. The summed E-state index contributed by atoms with van der Waals surface area (Å²) in [4.78, 5) is 12.3. The Hall–Kier alpha value is -1.55. The van der Waals surface area contributed by atoms with Crippen molar-refractivity contribution in [1.82, 2.24) is 10.6 Å². The average molecular weight is 262 g/mol. The number of amides is 1. The van der Waals surface area contributed by atoms with E-state index in [-0.39, 0.29) is 11.3 Å². The summed E-state index contributed by atoms with van der Waals surface area (Å²) in [6.45, 7) is 1.28. The second kappa shape index (κ2) is 6.06. The fraction of sp³-hybridized carbons (Fsp3) is 0.533. The Kier molecular flexibility index (Phi) is 4.43. The van der Waals surface area contributed by atoms with Gasteiger partial charge in [-0.15, -0.1) is 0 Å². The number of methoxy groups -OCH3 is 1. The van der Waals surface area contributed by atoms with E-state index in [2.05, 4.69) is 10.6 Å². The van der Waals surface area contributed by atoms with Crippen LogP contribution in [0.1, 0.15) is 24.8 Å². The van der Waals surface area contributed by atoms with Crippen LogP contribution in [0.15, 0.2) is 24.3 Å². The van der Waals surface area contributed by atoms with Gasteiger partial charge in [0.1, 0.15) is 5.75 Å². The van der Waals surface area contributed by atoms with Crippen LogP contribution in [0.25, 0.3) is 0 Å². The molecule has 0 atom stereocenters. The molecule has 19 heavy (non-hydrogen) atoms. The summed E-state index contributed by atoms with van der Waals surface area (Å²) in [7, 11) is 3.54. The zero-order valence-corrected chi connectivity index (χ0v) is 11.7. The van der Waals surface area contributed by atoms with E-state index >= 15 is 0 Å². The summed E-state index contributed by atoms with van der Waals surface area (Å²) in [6.07, 6.45) is 3.10. The molecule has 1 aromatic carbocycles. The normalized spacial score (nSPS) is 16.5. The Labute approximate surface area is 114 Å². The summed E-state index contributed by atoms with van der Waals surface area (Å²) < 4.78 is 5.29. The number of rotatable bonds is 6. The summed E-state index contributed by atoms with van der Waals surface area (Å²) in [5, 5.41) is 6.17. The molecule has 4 heteroatoms. The van der Waals surface area contributed by atoms with Crippen LogP contribution in [-0.2, 0) is 11.3 Å². The highest BCUT2D eigenvalue weighted by atomic mass is 16.5. The number of benzene rings is 1. The van der Waals surface area contributed by atoms with Gasteiger partial charge in [-0.2, -0.15) is 0 Å². The van der Waals surface area contributed by atoms with Crippen molar-refractivity contribution in [2.45, 2.75) is 25.8 Å². The minimum absolute atomic E-state index is 0.152. The maximum Gasteiger partial charge on any atom is 0.227 e. The van der Waals surface area contributed by atoms with E-state index in [4.69, 9.17) is 4.74 Å². The van der Waals surface area contributed by atoms with Gasteiger partial charge in [-0.25, -0.2) is 0 Å². The molecule has 0 aliphatic heterocycles. The van der Waals surface area contributed by atoms with E-state index in [1.54, 1.807) is 7.11 Å². The Morgan fingerprint density at radius 2 is 2.11 bits per heavy atom. The van der Waals surface area contributed by atoms with Crippen molar-refractivity contribution < 1.29 is 9.53 Å². The van der Waals surface area contributed by atoms with Gasteiger partial charge in [-0.3, -0.25) is 4.79 Å². The first-order chi connectivity index (χ1) is 9.22. The molecular weight excluding hydrogens is 240 g/mol. The lowest BCUT2D eigenvalue weighted by Crippen LogP contribution is -2.50. The van der Waals surface area contributed by atoms with Crippen molar-refractivity contribution in [3.05, 3.63) is 29.8 Å². The highest BCUT2D eigenvalue weighted by Crippen LogP contribution is 2.40. The van der Waals surface area contributed by atoms with E-state index in [0.717, 1.165) is 37.1 Å². The van der Waals surface area contributed by atoms with Gasteiger partial charge in [0.2, 0.25) is 5.91 Å². The van der Waals surface area contributed by atoms with E-state index < -0.39 is 0 Å². The molecule has 1 amide bonds.